The number of aromatic nitrogens is 2. The van der Waals surface area contributed by atoms with E-state index in [1.807, 2.05) is 25.1 Å². The van der Waals surface area contributed by atoms with Crippen LogP contribution in [0, 0.1) is 0 Å². The lowest BCUT2D eigenvalue weighted by molar-refractivity contribution is -0.125. The van der Waals surface area contributed by atoms with Crippen molar-refractivity contribution in [2.24, 2.45) is 0 Å². The van der Waals surface area contributed by atoms with Crippen molar-refractivity contribution < 1.29 is 9.59 Å². The number of amides is 2. The first-order valence-electron chi connectivity index (χ1n) is 9.53. The minimum absolute atomic E-state index is 0.0342. The van der Waals surface area contributed by atoms with Crippen LogP contribution in [0.1, 0.15) is 35.9 Å². The number of carbonyl (C=O) groups is 2. The van der Waals surface area contributed by atoms with Gasteiger partial charge in [0.15, 0.2) is 5.82 Å². The molecule has 144 valence electrons. The molecule has 3 N–H and O–H groups in total. The monoisotopic (exact) mass is 369 g/mol. The molecule has 27 heavy (non-hydrogen) atoms. The Bertz CT molecular complexity index is 732. The van der Waals surface area contributed by atoms with Crippen LogP contribution in [0.3, 0.4) is 0 Å². The standard InChI is InChI=1S/C20H27N5O2/c1-2-21-19(26)17-13-16(24-20(27)18-22-10-11-23-18)14-25(17)12-6-9-15-7-4-3-5-8-15/h3-5,7-8,10-11,16-17H,2,6,9,12-14H2,1H3,(H,21,26)(H,22,23)(H,24,27)/t16-,17-/m0/s1. The van der Waals surface area contributed by atoms with Crippen molar-refractivity contribution in [3.8, 4) is 0 Å². The lowest BCUT2D eigenvalue weighted by atomic mass is 10.1. The maximum absolute atomic E-state index is 12.5. The number of nitrogens with one attached hydrogen (secondary N) is 3. The molecule has 1 fully saturated rings. The van der Waals surface area contributed by atoms with Gasteiger partial charge in [-0.2, -0.15) is 0 Å². The van der Waals surface area contributed by atoms with E-state index in [0.29, 0.717) is 25.3 Å². The number of aromatic amines is 1. The van der Waals surface area contributed by atoms with Crippen LogP contribution in [-0.2, 0) is 11.2 Å². The summed E-state index contributed by atoms with van der Waals surface area (Å²) in [4.78, 5) is 33.7. The molecule has 1 aromatic carbocycles. The van der Waals surface area contributed by atoms with Gasteiger partial charge in [0.25, 0.3) is 5.91 Å². The van der Waals surface area contributed by atoms with Gasteiger partial charge in [-0.25, -0.2) is 4.98 Å². The van der Waals surface area contributed by atoms with Gasteiger partial charge in [-0.15, -0.1) is 0 Å². The van der Waals surface area contributed by atoms with Crippen molar-refractivity contribution in [1.82, 2.24) is 25.5 Å². The number of H-pyrrole nitrogens is 1. The zero-order valence-corrected chi connectivity index (χ0v) is 15.6. The summed E-state index contributed by atoms with van der Waals surface area (Å²) in [7, 11) is 0. The number of likely N-dealkylation sites (N-methyl/N-ethyl adjacent to an activating group) is 1. The zero-order chi connectivity index (χ0) is 19.1. The van der Waals surface area contributed by atoms with Crippen molar-refractivity contribution in [1.29, 1.82) is 0 Å². The number of likely N-dealkylation sites (tertiary alicyclic amines) is 1. The zero-order valence-electron chi connectivity index (χ0n) is 15.6. The second kappa shape index (κ2) is 9.32. The van der Waals surface area contributed by atoms with Gasteiger partial charge in [0, 0.05) is 31.5 Å². The maximum atomic E-state index is 12.5. The number of aryl methyl sites for hydroxylation is 1. The van der Waals surface area contributed by atoms with E-state index in [9.17, 15) is 9.59 Å². The first-order chi connectivity index (χ1) is 13.2. The third-order valence-electron chi connectivity index (χ3n) is 4.86. The smallest absolute Gasteiger partial charge is 0.287 e. The number of hydrogen-bond acceptors (Lipinski definition) is 4. The molecular weight excluding hydrogens is 342 g/mol. The van der Waals surface area contributed by atoms with Gasteiger partial charge in [-0.3, -0.25) is 14.5 Å². The largest absolute Gasteiger partial charge is 0.355 e. The predicted molar refractivity (Wildman–Crippen MR) is 103 cm³/mol. The Morgan fingerprint density at radius 1 is 1.30 bits per heavy atom. The number of nitrogens with zero attached hydrogens (tertiary/aromatic N) is 2. The van der Waals surface area contributed by atoms with Gasteiger partial charge in [0.2, 0.25) is 5.91 Å². The highest BCUT2D eigenvalue weighted by molar-refractivity contribution is 5.90. The number of rotatable bonds is 8. The minimum Gasteiger partial charge on any atom is -0.355 e. The van der Waals surface area contributed by atoms with E-state index in [2.05, 4.69) is 37.6 Å². The van der Waals surface area contributed by atoms with Crippen LogP contribution in [-0.4, -0.2) is 58.4 Å². The third-order valence-corrected chi connectivity index (χ3v) is 4.86. The normalized spacial score (nSPS) is 19.7. The molecule has 0 spiro atoms. The molecule has 7 heteroatoms. The van der Waals surface area contributed by atoms with Crippen molar-refractivity contribution in [3.63, 3.8) is 0 Å². The minimum atomic E-state index is -0.231. The van der Waals surface area contributed by atoms with E-state index in [1.54, 1.807) is 12.4 Å². The van der Waals surface area contributed by atoms with Gasteiger partial charge in [0.05, 0.1) is 6.04 Å². The Morgan fingerprint density at radius 2 is 2.11 bits per heavy atom. The number of carbonyl (C=O) groups excluding carboxylic acids is 2. The Labute approximate surface area is 159 Å². The summed E-state index contributed by atoms with van der Waals surface area (Å²) in [5, 5.41) is 5.91. The number of imidazole rings is 1. The second-order valence-corrected chi connectivity index (χ2v) is 6.84. The van der Waals surface area contributed by atoms with Crippen LogP contribution in [0.25, 0.3) is 0 Å². The molecule has 3 rings (SSSR count). The second-order valence-electron chi connectivity index (χ2n) is 6.84. The average molecular weight is 369 g/mol. The van der Waals surface area contributed by atoms with Gasteiger partial charge in [-0.05, 0) is 38.3 Å². The van der Waals surface area contributed by atoms with Crippen LogP contribution in [0.15, 0.2) is 42.7 Å². The van der Waals surface area contributed by atoms with Crippen LogP contribution in [0.2, 0.25) is 0 Å². The summed E-state index contributed by atoms with van der Waals surface area (Å²) >= 11 is 0. The number of hydrogen-bond donors (Lipinski definition) is 3. The van der Waals surface area contributed by atoms with Gasteiger partial charge in [-0.1, -0.05) is 30.3 Å². The van der Waals surface area contributed by atoms with E-state index in [-0.39, 0.29) is 23.9 Å². The fourth-order valence-electron chi connectivity index (χ4n) is 3.59. The van der Waals surface area contributed by atoms with Crippen molar-refractivity contribution >= 4 is 11.8 Å². The molecule has 7 nitrogen and oxygen atoms in total. The van der Waals surface area contributed by atoms with E-state index < -0.39 is 0 Å². The molecule has 2 amide bonds. The Balaban J connectivity index is 1.57. The van der Waals surface area contributed by atoms with Crippen LogP contribution in [0.4, 0.5) is 0 Å². The lowest BCUT2D eigenvalue weighted by Crippen LogP contribution is -2.43. The predicted octanol–water partition coefficient (Wildman–Crippen LogP) is 1.35. The summed E-state index contributed by atoms with van der Waals surface area (Å²) in [6.07, 6.45) is 5.74. The quantitative estimate of drug-likeness (QED) is 0.655. The van der Waals surface area contributed by atoms with Crippen molar-refractivity contribution in [2.45, 2.75) is 38.3 Å². The first-order valence-corrected chi connectivity index (χ1v) is 9.53. The Kier molecular flexibility index (Phi) is 6.59. The molecule has 1 saturated heterocycles. The molecule has 0 bridgehead atoms. The molecule has 0 unspecified atom stereocenters. The highest BCUT2D eigenvalue weighted by Gasteiger charge is 2.37. The van der Waals surface area contributed by atoms with E-state index in [1.165, 1.54) is 5.56 Å². The molecule has 0 aliphatic carbocycles. The van der Waals surface area contributed by atoms with Crippen LogP contribution < -0.4 is 10.6 Å². The van der Waals surface area contributed by atoms with E-state index in [0.717, 1.165) is 19.4 Å². The van der Waals surface area contributed by atoms with E-state index >= 15 is 0 Å². The van der Waals surface area contributed by atoms with Gasteiger partial charge >= 0.3 is 0 Å². The highest BCUT2D eigenvalue weighted by atomic mass is 16.2. The van der Waals surface area contributed by atoms with E-state index in [4.69, 9.17) is 0 Å². The molecule has 2 heterocycles. The van der Waals surface area contributed by atoms with Crippen LogP contribution in [0.5, 0.6) is 0 Å². The molecule has 2 aromatic rings. The highest BCUT2D eigenvalue weighted by Crippen LogP contribution is 2.19. The Hall–Kier alpha value is -2.67. The SMILES string of the molecule is CCNC(=O)[C@@H]1C[C@H](NC(=O)c2ncc[nH]2)CN1CCCc1ccccc1. The molecule has 1 aliphatic rings. The molecule has 0 radical (unpaired) electrons. The third kappa shape index (κ3) is 5.17. The molecule has 1 aliphatic heterocycles. The topological polar surface area (TPSA) is 90.1 Å². The average Bonchev–Trinajstić information content (AvgIpc) is 3.33. The van der Waals surface area contributed by atoms with Crippen LogP contribution >= 0.6 is 0 Å². The summed E-state index contributed by atoms with van der Waals surface area (Å²) in [5.74, 6) is 0.102. The van der Waals surface area contributed by atoms with Gasteiger partial charge in [0.1, 0.15) is 0 Å². The summed E-state index contributed by atoms with van der Waals surface area (Å²) in [6.45, 7) is 4.02. The number of benzene rings is 1. The molecule has 1 aromatic heterocycles. The fraction of sp³-hybridized carbons (Fsp3) is 0.450. The fourth-order valence-corrected chi connectivity index (χ4v) is 3.59. The van der Waals surface area contributed by atoms with Crippen molar-refractivity contribution in [3.05, 3.63) is 54.1 Å². The molecule has 0 saturated carbocycles. The summed E-state index contributed by atoms with van der Waals surface area (Å²) in [6, 6.07) is 10.1. The lowest BCUT2D eigenvalue weighted by Gasteiger charge is -2.23. The summed E-state index contributed by atoms with van der Waals surface area (Å²) in [5.41, 5.74) is 1.30. The van der Waals surface area contributed by atoms with Gasteiger partial charge < -0.3 is 15.6 Å². The molecular formula is C20H27N5O2. The van der Waals surface area contributed by atoms with Crippen molar-refractivity contribution in [2.75, 3.05) is 19.6 Å². The molecule has 2 atom stereocenters. The first kappa shape index (κ1) is 19.1. The maximum Gasteiger partial charge on any atom is 0.287 e. The summed E-state index contributed by atoms with van der Waals surface area (Å²) < 4.78 is 0. The Morgan fingerprint density at radius 3 is 2.81 bits per heavy atom.